The first-order valence-corrected chi connectivity index (χ1v) is 7.00. The summed E-state index contributed by atoms with van der Waals surface area (Å²) in [6.45, 7) is 6.24. The lowest BCUT2D eigenvalue weighted by Crippen LogP contribution is -2.46. The summed E-state index contributed by atoms with van der Waals surface area (Å²) in [5.41, 5.74) is 9.42. The van der Waals surface area contributed by atoms with Gasteiger partial charge in [-0.1, -0.05) is 12.1 Å². The topological polar surface area (TPSA) is 45.4 Å². The number of piperazine rings is 1. The molecule has 0 amide bonds. The predicted molar refractivity (Wildman–Crippen MR) is 84.3 cm³/mol. The monoisotopic (exact) mass is 268 g/mol. The van der Waals surface area contributed by atoms with Crippen molar-refractivity contribution in [2.24, 2.45) is 0 Å². The van der Waals surface area contributed by atoms with Crippen molar-refractivity contribution in [2.45, 2.75) is 6.92 Å². The fourth-order valence-electron chi connectivity index (χ4n) is 2.63. The van der Waals surface area contributed by atoms with Crippen LogP contribution in [0.4, 0.5) is 17.2 Å². The molecule has 0 radical (unpaired) electrons. The maximum absolute atomic E-state index is 5.63. The largest absolute Gasteiger partial charge is 0.384 e. The molecule has 104 valence electrons. The van der Waals surface area contributed by atoms with Crippen molar-refractivity contribution in [1.82, 2.24) is 4.98 Å². The van der Waals surface area contributed by atoms with Gasteiger partial charge in [0.05, 0.1) is 11.9 Å². The van der Waals surface area contributed by atoms with E-state index in [1.807, 2.05) is 18.3 Å². The first-order valence-electron chi connectivity index (χ1n) is 7.00. The maximum Gasteiger partial charge on any atom is 0.123 e. The minimum Gasteiger partial charge on any atom is -0.384 e. The molecular weight excluding hydrogens is 248 g/mol. The van der Waals surface area contributed by atoms with Crippen LogP contribution in [0.3, 0.4) is 0 Å². The van der Waals surface area contributed by atoms with Crippen molar-refractivity contribution in [3.63, 3.8) is 0 Å². The van der Waals surface area contributed by atoms with Crippen molar-refractivity contribution in [3.8, 4) is 0 Å². The third-order valence-corrected chi connectivity index (χ3v) is 3.78. The Kier molecular flexibility index (Phi) is 3.46. The van der Waals surface area contributed by atoms with E-state index in [2.05, 4.69) is 46.0 Å². The maximum atomic E-state index is 5.63. The molecule has 2 N–H and O–H groups in total. The lowest BCUT2D eigenvalue weighted by atomic mass is 10.2. The predicted octanol–water partition coefficient (Wildman–Crippen LogP) is 2.30. The van der Waals surface area contributed by atoms with Crippen molar-refractivity contribution >= 4 is 17.2 Å². The summed E-state index contributed by atoms with van der Waals surface area (Å²) >= 11 is 0. The molecule has 4 heteroatoms. The fraction of sp³-hybridized carbons (Fsp3) is 0.312. The SMILES string of the molecule is Cc1cccc(N2CCN(c3ccc(N)nc3)CC2)c1. The highest BCUT2D eigenvalue weighted by atomic mass is 15.3. The average Bonchev–Trinajstić information content (AvgIpc) is 2.48. The Morgan fingerprint density at radius 3 is 2.25 bits per heavy atom. The van der Waals surface area contributed by atoms with Gasteiger partial charge < -0.3 is 15.5 Å². The second-order valence-corrected chi connectivity index (χ2v) is 5.25. The molecule has 0 atom stereocenters. The summed E-state index contributed by atoms with van der Waals surface area (Å²) in [6, 6.07) is 12.6. The van der Waals surface area contributed by atoms with Gasteiger partial charge in [-0.15, -0.1) is 0 Å². The average molecular weight is 268 g/mol. The molecule has 3 rings (SSSR count). The molecule has 0 bridgehead atoms. The zero-order valence-corrected chi connectivity index (χ0v) is 11.8. The molecule has 2 aromatic rings. The second kappa shape index (κ2) is 5.41. The van der Waals surface area contributed by atoms with Crippen molar-refractivity contribution < 1.29 is 0 Å². The van der Waals surface area contributed by atoms with E-state index in [0.717, 1.165) is 31.9 Å². The third kappa shape index (κ3) is 2.69. The highest BCUT2D eigenvalue weighted by Crippen LogP contribution is 2.21. The summed E-state index contributed by atoms with van der Waals surface area (Å²) in [7, 11) is 0. The van der Waals surface area contributed by atoms with Crippen LogP contribution in [-0.4, -0.2) is 31.2 Å². The Hall–Kier alpha value is -2.23. The molecule has 0 saturated carbocycles. The van der Waals surface area contributed by atoms with Gasteiger partial charge in [0.2, 0.25) is 0 Å². The fourth-order valence-corrected chi connectivity index (χ4v) is 2.63. The number of benzene rings is 1. The van der Waals surface area contributed by atoms with Crippen LogP contribution < -0.4 is 15.5 Å². The molecule has 0 spiro atoms. The first kappa shape index (κ1) is 12.8. The van der Waals surface area contributed by atoms with E-state index in [0.29, 0.717) is 5.82 Å². The Labute approximate surface area is 119 Å². The number of nitrogens with zero attached hydrogens (tertiary/aromatic N) is 3. The van der Waals surface area contributed by atoms with E-state index < -0.39 is 0 Å². The molecule has 0 unspecified atom stereocenters. The number of pyridine rings is 1. The normalized spacial score (nSPS) is 15.4. The number of hydrogen-bond donors (Lipinski definition) is 1. The van der Waals surface area contributed by atoms with Crippen LogP contribution in [0.5, 0.6) is 0 Å². The number of rotatable bonds is 2. The molecule has 4 nitrogen and oxygen atoms in total. The van der Waals surface area contributed by atoms with Gasteiger partial charge in [0.25, 0.3) is 0 Å². The second-order valence-electron chi connectivity index (χ2n) is 5.25. The quantitative estimate of drug-likeness (QED) is 0.907. The van der Waals surface area contributed by atoms with Crippen LogP contribution in [0.1, 0.15) is 5.56 Å². The van der Waals surface area contributed by atoms with Gasteiger partial charge in [-0.2, -0.15) is 0 Å². The standard InChI is InChI=1S/C16H20N4/c1-13-3-2-4-14(11-13)19-7-9-20(10-8-19)15-5-6-16(17)18-12-15/h2-6,11-12H,7-10H2,1H3,(H2,17,18). The van der Waals surface area contributed by atoms with Crippen molar-refractivity contribution in [2.75, 3.05) is 41.7 Å². The van der Waals surface area contributed by atoms with E-state index >= 15 is 0 Å². The number of anilines is 3. The van der Waals surface area contributed by atoms with E-state index in [9.17, 15) is 0 Å². The molecule has 20 heavy (non-hydrogen) atoms. The number of aromatic nitrogens is 1. The molecule has 1 aromatic carbocycles. The minimum atomic E-state index is 0.576. The van der Waals surface area contributed by atoms with Crippen LogP contribution in [-0.2, 0) is 0 Å². The summed E-state index contributed by atoms with van der Waals surface area (Å²) < 4.78 is 0. The molecule has 2 heterocycles. The van der Waals surface area contributed by atoms with Gasteiger partial charge in [0.15, 0.2) is 0 Å². The number of hydrogen-bond acceptors (Lipinski definition) is 4. The highest BCUT2D eigenvalue weighted by Gasteiger charge is 2.17. The van der Waals surface area contributed by atoms with Crippen LogP contribution in [0, 0.1) is 6.92 Å². The van der Waals surface area contributed by atoms with Crippen molar-refractivity contribution in [3.05, 3.63) is 48.2 Å². The highest BCUT2D eigenvalue weighted by molar-refractivity contribution is 5.53. The van der Waals surface area contributed by atoms with Gasteiger partial charge in [-0.25, -0.2) is 4.98 Å². The van der Waals surface area contributed by atoms with Crippen LogP contribution >= 0.6 is 0 Å². The minimum absolute atomic E-state index is 0.576. The van der Waals surface area contributed by atoms with E-state index in [1.165, 1.54) is 11.3 Å². The number of nitrogen functional groups attached to an aromatic ring is 1. The zero-order chi connectivity index (χ0) is 13.9. The Morgan fingerprint density at radius 2 is 1.65 bits per heavy atom. The van der Waals surface area contributed by atoms with E-state index in [1.54, 1.807) is 0 Å². The molecule has 1 aliphatic rings. The molecule has 1 aromatic heterocycles. The van der Waals surface area contributed by atoms with Gasteiger partial charge in [0.1, 0.15) is 5.82 Å². The lowest BCUT2D eigenvalue weighted by molar-refractivity contribution is 0.652. The molecule has 1 aliphatic heterocycles. The van der Waals surface area contributed by atoms with Crippen LogP contribution in [0.15, 0.2) is 42.6 Å². The number of aryl methyl sites for hydroxylation is 1. The summed E-state index contributed by atoms with van der Waals surface area (Å²) in [5, 5.41) is 0. The zero-order valence-electron chi connectivity index (χ0n) is 11.8. The van der Waals surface area contributed by atoms with Gasteiger partial charge >= 0.3 is 0 Å². The smallest absolute Gasteiger partial charge is 0.123 e. The molecule has 0 aliphatic carbocycles. The van der Waals surface area contributed by atoms with Gasteiger partial charge in [-0.3, -0.25) is 0 Å². The summed E-state index contributed by atoms with van der Waals surface area (Å²) in [6.07, 6.45) is 1.86. The number of nitrogens with two attached hydrogens (primary N) is 1. The van der Waals surface area contributed by atoms with E-state index in [4.69, 9.17) is 5.73 Å². The van der Waals surface area contributed by atoms with Gasteiger partial charge in [-0.05, 0) is 36.8 Å². The summed E-state index contributed by atoms with van der Waals surface area (Å²) in [5.74, 6) is 0.576. The molecule has 1 saturated heterocycles. The van der Waals surface area contributed by atoms with E-state index in [-0.39, 0.29) is 0 Å². The Bertz CT molecular complexity index is 571. The van der Waals surface area contributed by atoms with Crippen LogP contribution in [0.25, 0.3) is 0 Å². The molecule has 1 fully saturated rings. The Morgan fingerprint density at radius 1 is 0.950 bits per heavy atom. The third-order valence-electron chi connectivity index (χ3n) is 3.78. The van der Waals surface area contributed by atoms with Crippen LogP contribution in [0.2, 0.25) is 0 Å². The Balaban J connectivity index is 1.66. The summed E-state index contributed by atoms with van der Waals surface area (Å²) in [4.78, 5) is 8.96. The first-order chi connectivity index (χ1) is 9.72. The van der Waals surface area contributed by atoms with Crippen molar-refractivity contribution in [1.29, 1.82) is 0 Å². The molecular formula is C16H20N4. The lowest BCUT2D eigenvalue weighted by Gasteiger charge is -2.37. The van der Waals surface area contributed by atoms with Gasteiger partial charge in [0, 0.05) is 31.9 Å².